The summed E-state index contributed by atoms with van der Waals surface area (Å²) < 4.78 is 5.72. The third-order valence-electron chi connectivity index (χ3n) is 2.73. The number of allylic oxidation sites excluding steroid dienone is 8. The Bertz CT molecular complexity index is 504. The molecule has 0 radical (unpaired) electrons. The fraction of sp³-hybridized carbons (Fsp3) is 0.111. The molecule has 1 aliphatic heterocycles. The van der Waals surface area contributed by atoms with Gasteiger partial charge in [0.25, 0.3) is 0 Å². The summed E-state index contributed by atoms with van der Waals surface area (Å²) in [7, 11) is 0. The van der Waals surface area contributed by atoms with Crippen molar-refractivity contribution in [3.05, 3.63) is 98.0 Å². The quantitative estimate of drug-likeness (QED) is 0.639. The summed E-state index contributed by atoms with van der Waals surface area (Å²) in [6, 6.07) is 0. The van der Waals surface area contributed by atoms with Gasteiger partial charge in [-0.3, -0.25) is 0 Å². The van der Waals surface area contributed by atoms with Crippen molar-refractivity contribution in [2.75, 3.05) is 13.3 Å². The molecule has 1 rings (SSSR count). The molecule has 0 aliphatic carbocycles. The lowest BCUT2D eigenvalue weighted by molar-refractivity contribution is 0.0923. The Morgan fingerprint density at radius 2 is 1.80 bits per heavy atom. The summed E-state index contributed by atoms with van der Waals surface area (Å²) in [5.41, 5.74) is 2.08. The highest BCUT2D eigenvalue weighted by Crippen LogP contribution is 2.21. The molecule has 1 aliphatic rings. The van der Waals surface area contributed by atoms with Crippen molar-refractivity contribution in [3.63, 3.8) is 0 Å². The lowest BCUT2D eigenvalue weighted by Crippen LogP contribution is -2.31. The van der Waals surface area contributed by atoms with Gasteiger partial charge in [-0.1, -0.05) is 62.8 Å². The van der Waals surface area contributed by atoms with Crippen LogP contribution in [0.2, 0.25) is 0 Å². The van der Waals surface area contributed by atoms with Gasteiger partial charge in [0.15, 0.2) is 6.73 Å². The van der Waals surface area contributed by atoms with Crippen molar-refractivity contribution in [3.8, 4) is 0 Å². The van der Waals surface area contributed by atoms with Crippen LogP contribution in [-0.4, -0.2) is 18.2 Å². The van der Waals surface area contributed by atoms with Gasteiger partial charge < -0.3 is 9.64 Å². The Balaban J connectivity index is 3.00. The fourth-order valence-electron chi connectivity index (χ4n) is 1.80. The van der Waals surface area contributed by atoms with Crippen molar-refractivity contribution >= 4 is 0 Å². The summed E-state index contributed by atoms with van der Waals surface area (Å²) in [6.45, 7) is 16.1. The highest BCUT2D eigenvalue weighted by molar-refractivity contribution is 5.35. The van der Waals surface area contributed by atoms with Crippen LogP contribution in [0.5, 0.6) is 0 Å². The van der Waals surface area contributed by atoms with Crippen molar-refractivity contribution in [2.24, 2.45) is 0 Å². The molecule has 0 aromatic carbocycles. The van der Waals surface area contributed by atoms with Gasteiger partial charge in [0.2, 0.25) is 0 Å². The minimum atomic E-state index is 0.480. The molecule has 0 bridgehead atoms. The first-order valence-electron chi connectivity index (χ1n) is 6.41. The predicted molar refractivity (Wildman–Crippen MR) is 86.8 cm³/mol. The molecule has 2 heteroatoms. The minimum absolute atomic E-state index is 0.480. The first kappa shape index (κ1) is 15.6. The maximum Gasteiger partial charge on any atom is 0.161 e. The number of hydrogen-bond acceptors (Lipinski definition) is 2. The second-order valence-corrected chi connectivity index (χ2v) is 4.08. The highest BCUT2D eigenvalue weighted by atomic mass is 16.5. The molecule has 0 aromatic rings. The standard InChI is InChI=1S/C18H21NO/c1-5-9-12-16-14-19(15-20-18(16)8-4)17(11-7-3)13-10-6-2/h5-13H,1-4,14-15H2/b12-9-,13-10-,17-11+. The molecule has 0 unspecified atom stereocenters. The van der Waals surface area contributed by atoms with Crippen LogP contribution in [0.15, 0.2) is 98.0 Å². The molecule has 0 fully saturated rings. The van der Waals surface area contributed by atoms with Crippen molar-refractivity contribution in [1.82, 2.24) is 4.90 Å². The Hall–Kier alpha value is -2.48. The SMILES string of the molecule is C=C/C=C\C1=C(C=C)OCN(C(/C=C\C=C)=C/C=C)C1. The third-order valence-corrected chi connectivity index (χ3v) is 2.73. The van der Waals surface area contributed by atoms with Crippen LogP contribution < -0.4 is 0 Å². The third kappa shape index (κ3) is 4.32. The zero-order valence-corrected chi connectivity index (χ0v) is 11.8. The predicted octanol–water partition coefficient (Wildman–Crippen LogP) is 4.27. The summed E-state index contributed by atoms with van der Waals surface area (Å²) in [5.74, 6) is 0.810. The topological polar surface area (TPSA) is 12.5 Å². The van der Waals surface area contributed by atoms with Gasteiger partial charge in [-0.25, -0.2) is 0 Å². The fourth-order valence-corrected chi connectivity index (χ4v) is 1.80. The molecule has 104 valence electrons. The molecule has 2 nitrogen and oxygen atoms in total. The molecule has 0 amide bonds. The first-order chi connectivity index (χ1) is 9.76. The Kier molecular flexibility index (Phi) is 6.69. The van der Waals surface area contributed by atoms with Crippen LogP contribution in [0, 0.1) is 0 Å². The average Bonchev–Trinajstić information content (AvgIpc) is 2.49. The molecular formula is C18H21NO. The zero-order chi connectivity index (χ0) is 14.8. The summed E-state index contributed by atoms with van der Waals surface area (Å²) in [4.78, 5) is 2.11. The number of rotatable bonds is 7. The van der Waals surface area contributed by atoms with Crippen molar-refractivity contribution in [2.45, 2.75) is 0 Å². The van der Waals surface area contributed by atoms with E-state index in [9.17, 15) is 0 Å². The first-order valence-corrected chi connectivity index (χ1v) is 6.41. The second-order valence-electron chi connectivity index (χ2n) is 4.08. The van der Waals surface area contributed by atoms with Crippen LogP contribution in [0.25, 0.3) is 0 Å². The van der Waals surface area contributed by atoms with E-state index in [0.29, 0.717) is 6.73 Å². The number of hydrogen-bond donors (Lipinski definition) is 0. The molecule has 20 heavy (non-hydrogen) atoms. The van der Waals surface area contributed by atoms with E-state index in [4.69, 9.17) is 4.74 Å². The lowest BCUT2D eigenvalue weighted by Gasteiger charge is -2.31. The monoisotopic (exact) mass is 267 g/mol. The molecule has 0 aromatic heterocycles. The van der Waals surface area contributed by atoms with Gasteiger partial charge >= 0.3 is 0 Å². The normalized spacial score (nSPS) is 16.4. The summed E-state index contributed by atoms with van der Waals surface area (Å²) >= 11 is 0. The molecule has 1 heterocycles. The summed E-state index contributed by atoms with van der Waals surface area (Å²) in [6.07, 6.45) is 16.7. The maximum absolute atomic E-state index is 5.72. The van der Waals surface area contributed by atoms with Crippen LogP contribution >= 0.6 is 0 Å². The molecule has 0 saturated heterocycles. The highest BCUT2D eigenvalue weighted by Gasteiger charge is 2.17. The van der Waals surface area contributed by atoms with Gasteiger partial charge in [-0.15, -0.1) is 0 Å². The molecule has 0 atom stereocenters. The van der Waals surface area contributed by atoms with Gasteiger partial charge in [0.1, 0.15) is 5.76 Å². The van der Waals surface area contributed by atoms with E-state index in [1.165, 1.54) is 0 Å². The molecular weight excluding hydrogens is 246 g/mol. The smallest absolute Gasteiger partial charge is 0.161 e. The van der Waals surface area contributed by atoms with E-state index >= 15 is 0 Å². The van der Waals surface area contributed by atoms with Crippen LogP contribution in [0.4, 0.5) is 0 Å². The zero-order valence-electron chi connectivity index (χ0n) is 11.8. The molecule has 0 spiro atoms. The van der Waals surface area contributed by atoms with Gasteiger partial charge in [0, 0.05) is 17.8 Å². The average molecular weight is 267 g/mol. The van der Waals surface area contributed by atoms with Crippen LogP contribution in [-0.2, 0) is 4.74 Å². The van der Waals surface area contributed by atoms with Gasteiger partial charge in [0.05, 0.1) is 0 Å². The van der Waals surface area contributed by atoms with E-state index in [0.717, 1.165) is 23.6 Å². The van der Waals surface area contributed by atoms with Crippen LogP contribution in [0.1, 0.15) is 0 Å². The Morgan fingerprint density at radius 3 is 2.40 bits per heavy atom. The Labute approximate surface area is 121 Å². The van der Waals surface area contributed by atoms with E-state index in [-0.39, 0.29) is 0 Å². The summed E-state index contributed by atoms with van der Waals surface area (Å²) in [5, 5.41) is 0. The maximum atomic E-state index is 5.72. The van der Waals surface area contributed by atoms with E-state index < -0.39 is 0 Å². The van der Waals surface area contributed by atoms with Crippen molar-refractivity contribution < 1.29 is 4.74 Å². The lowest BCUT2D eigenvalue weighted by atomic mass is 10.1. The largest absolute Gasteiger partial charge is 0.473 e. The van der Waals surface area contributed by atoms with Crippen molar-refractivity contribution in [1.29, 1.82) is 0 Å². The number of nitrogens with zero attached hydrogens (tertiary/aromatic N) is 1. The van der Waals surface area contributed by atoms with Gasteiger partial charge in [-0.2, -0.15) is 0 Å². The molecule has 0 N–H and O–H groups in total. The minimum Gasteiger partial charge on any atom is -0.473 e. The Morgan fingerprint density at radius 1 is 1.05 bits per heavy atom. The van der Waals surface area contributed by atoms with Crippen LogP contribution in [0.3, 0.4) is 0 Å². The molecule has 0 saturated carbocycles. The van der Waals surface area contributed by atoms with Gasteiger partial charge in [-0.05, 0) is 18.2 Å². The van der Waals surface area contributed by atoms with E-state index in [2.05, 4.69) is 31.2 Å². The number of ether oxygens (including phenoxy) is 1. The van der Waals surface area contributed by atoms with E-state index in [1.807, 2.05) is 30.4 Å². The van der Waals surface area contributed by atoms with E-state index in [1.54, 1.807) is 24.3 Å². The second kappa shape index (κ2) is 8.59.